The molecule has 1 aromatic carbocycles. The van der Waals surface area contributed by atoms with Gasteiger partial charge in [0.05, 0.1) is 12.2 Å². The van der Waals surface area contributed by atoms with Crippen LogP contribution in [0.4, 0.5) is 13.2 Å². The van der Waals surface area contributed by atoms with E-state index in [0.29, 0.717) is 0 Å². The van der Waals surface area contributed by atoms with E-state index in [9.17, 15) is 18.3 Å². The van der Waals surface area contributed by atoms with Crippen molar-refractivity contribution in [3.8, 4) is 0 Å². The highest BCUT2D eigenvalue weighted by Crippen LogP contribution is 2.30. The van der Waals surface area contributed by atoms with Gasteiger partial charge in [-0.3, -0.25) is 5.41 Å². The number of alkyl halides is 3. The molecule has 2 N–H and O–H groups in total. The number of aliphatic hydroxyl groups excluding tert-OH is 1. The van der Waals surface area contributed by atoms with Gasteiger partial charge in [0.15, 0.2) is 6.10 Å². The van der Waals surface area contributed by atoms with Crippen LogP contribution in [0.5, 0.6) is 0 Å². The summed E-state index contributed by atoms with van der Waals surface area (Å²) in [7, 11) is 0. The second kappa shape index (κ2) is 5.18. The molecule has 0 aromatic heterocycles. The monoisotopic (exact) mass is 247 g/mol. The van der Waals surface area contributed by atoms with Crippen molar-refractivity contribution in [2.24, 2.45) is 0 Å². The Balaban J connectivity index is 2.96. The number of nitrogens with one attached hydrogen (secondary N) is 1. The summed E-state index contributed by atoms with van der Waals surface area (Å²) in [6, 6.07) is 4.20. The predicted octanol–water partition coefficient (Wildman–Crippen LogP) is 2.75. The van der Waals surface area contributed by atoms with Crippen LogP contribution < -0.4 is 0 Å². The Morgan fingerprint density at radius 3 is 2.65 bits per heavy atom. The molecule has 0 amide bonds. The van der Waals surface area contributed by atoms with Crippen LogP contribution in [-0.2, 0) is 10.9 Å². The summed E-state index contributed by atoms with van der Waals surface area (Å²) >= 11 is 0. The van der Waals surface area contributed by atoms with Crippen LogP contribution in [0.25, 0.3) is 0 Å². The maximum absolute atomic E-state index is 12.4. The number of aliphatic hydroxyl groups is 1. The number of benzene rings is 1. The molecule has 6 heteroatoms. The molecule has 0 saturated carbocycles. The molecule has 3 nitrogen and oxygen atoms in total. The minimum absolute atomic E-state index is 0.0155. The summed E-state index contributed by atoms with van der Waals surface area (Å²) in [5.41, 5.74) is -0.878. The molecule has 0 aliphatic rings. The quantitative estimate of drug-likeness (QED) is 0.637. The molecule has 1 atom stereocenters. The maximum atomic E-state index is 12.4. The smallest absolute Gasteiger partial charge is 0.416 e. The Bertz CT molecular complexity index is 404. The summed E-state index contributed by atoms with van der Waals surface area (Å²) in [5.74, 6) is -0.466. The van der Waals surface area contributed by atoms with E-state index in [-0.39, 0.29) is 12.2 Å². The van der Waals surface area contributed by atoms with E-state index in [1.807, 2.05) is 0 Å². The number of rotatable bonds is 3. The third kappa shape index (κ3) is 3.45. The van der Waals surface area contributed by atoms with Crippen molar-refractivity contribution < 1.29 is 23.0 Å². The zero-order valence-electron chi connectivity index (χ0n) is 9.08. The zero-order chi connectivity index (χ0) is 13.1. The van der Waals surface area contributed by atoms with Gasteiger partial charge in [0.1, 0.15) is 0 Å². The number of hydrogen-bond donors (Lipinski definition) is 2. The van der Waals surface area contributed by atoms with Crippen LogP contribution in [0.15, 0.2) is 24.3 Å². The molecule has 0 aliphatic heterocycles. The molecule has 0 spiro atoms. The Morgan fingerprint density at radius 2 is 2.12 bits per heavy atom. The van der Waals surface area contributed by atoms with E-state index in [2.05, 4.69) is 0 Å². The van der Waals surface area contributed by atoms with Gasteiger partial charge in [0, 0.05) is 0 Å². The fraction of sp³-hybridized carbons (Fsp3) is 0.364. The minimum atomic E-state index is -4.47. The standard InChI is InChI=1S/C11H12F3NO2/c1-2-17-10(15)9(16)7-4-3-5-8(6-7)11(12,13)14/h3-6,9,15-16H,2H2,1H3/t9-/m0/s1. The van der Waals surface area contributed by atoms with Gasteiger partial charge in [0.2, 0.25) is 5.90 Å². The third-order valence-corrected chi connectivity index (χ3v) is 2.08. The van der Waals surface area contributed by atoms with E-state index in [1.54, 1.807) is 6.92 Å². The van der Waals surface area contributed by atoms with Crippen molar-refractivity contribution in [2.75, 3.05) is 6.61 Å². The lowest BCUT2D eigenvalue weighted by Gasteiger charge is -2.14. The van der Waals surface area contributed by atoms with Crippen LogP contribution in [-0.4, -0.2) is 17.6 Å². The number of halogens is 3. The molecular weight excluding hydrogens is 235 g/mol. The Labute approximate surface area is 96.3 Å². The highest BCUT2D eigenvalue weighted by Gasteiger charge is 2.31. The molecule has 94 valence electrons. The lowest BCUT2D eigenvalue weighted by molar-refractivity contribution is -0.137. The summed E-state index contributed by atoms with van der Waals surface area (Å²) in [4.78, 5) is 0. The second-order valence-corrected chi connectivity index (χ2v) is 3.32. The molecule has 0 aliphatic carbocycles. The number of ether oxygens (including phenoxy) is 1. The van der Waals surface area contributed by atoms with Crippen molar-refractivity contribution in [1.82, 2.24) is 0 Å². The summed E-state index contributed by atoms with van der Waals surface area (Å²) in [6.45, 7) is 1.79. The van der Waals surface area contributed by atoms with Crippen LogP contribution in [0, 0.1) is 5.41 Å². The fourth-order valence-electron chi connectivity index (χ4n) is 1.27. The van der Waals surface area contributed by atoms with Gasteiger partial charge in [-0.25, -0.2) is 0 Å². The van der Waals surface area contributed by atoms with Gasteiger partial charge in [-0.1, -0.05) is 12.1 Å². The molecule has 0 unspecified atom stereocenters. The Kier molecular flexibility index (Phi) is 4.11. The zero-order valence-corrected chi connectivity index (χ0v) is 9.08. The molecule has 0 bridgehead atoms. The molecule has 0 radical (unpaired) electrons. The van der Waals surface area contributed by atoms with Crippen molar-refractivity contribution in [1.29, 1.82) is 5.41 Å². The van der Waals surface area contributed by atoms with E-state index in [1.165, 1.54) is 12.1 Å². The van der Waals surface area contributed by atoms with Crippen molar-refractivity contribution in [3.05, 3.63) is 35.4 Å². The first-order valence-corrected chi connectivity index (χ1v) is 4.92. The first-order chi connectivity index (χ1) is 7.86. The average Bonchev–Trinajstić information content (AvgIpc) is 2.27. The summed E-state index contributed by atoms with van der Waals surface area (Å²) in [6.07, 6.45) is -5.94. The first-order valence-electron chi connectivity index (χ1n) is 4.92. The highest BCUT2D eigenvalue weighted by molar-refractivity contribution is 5.79. The largest absolute Gasteiger partial charge is 0.479 e. The Morgan fingerprint density at radius 1 is 1.47 bits per heavy atom. The average molecular weight is 247 g/mol. The van der Waals surface area contributed by atoms with Crippen molar-refractivity contribution in [3.63, 3.8) is 0 Å². The maximum Gasteiger partial charge on any atom is 0.416 e. The predicted molar refractivity (Wildman–Crippen MR) is 55.8 cm³/mol. The normalized spacial score (nSPS) is 13.2. The highest BCUT2D eigenvalue weighted by atomic mass is 19.4. The van der Waals surface area contributed by atoms with Crippen LogP contribution in [0.1, 0.15) is 24.2 Å². The van der Waals surface area contributed by atoms with Crippen LogP contribution >= 0.6 is 0 Å². The molecule has 1 aromatic rings. The van der Waals surface area contributed by atoms with Gasteiger partial charge >= 0.3 is 6.18 Å². The SMILES string of the molecule is CCOC(=N)[C@@H](O)c1cccc(C(F)(F)F)c1. The topological polar surface area (TPSA) is 53.3 Å². The number of hydrogen-bond acceptors (Lipinski definition) is 3. The molecule has 0 heterocycles. The van der Waals surface area contributed by atoms with E-state index in [4.69, 9.17) is 10.1 Å². The molecule has 0 fully saturated rings. The summed E-state index contributed by atoms with van der Waals surface area (Å²) in [5, 5.41) is 16.9. The van der Waals surface area contributed by atoms with Crippen molar-refractivity contribution >= 4 is 5.90 Å². The molecule has 17 heavy (non-hydrogen) atoms. The van der Waals surface area contributed by atoms with Gasteiger partial charge < -0.3 is 9.84 Å². The third-order valence-electron chi connectivity index (χ3n) is 2.08. The van der Waals surface area contributed by atoms with Crippen LogP contribution in [0.3, 0.4) is 0 Å². The minimum Gasteiger partial charge on any atom is -0.479 e. The molecular formula is C11H12F3NO2. The molecule has 1 rings (SSSR count). The van der Waals surface area contributed by atoms with Gasteiger partial charge in [-0.2, -0.15) is 13.2 Å². The van der Waals surface area contributed by atoms with Crippen LogP contribution in [0.2, 0.25) is 0 Å². The summed E-state index contributed by atoms with van der Waals surface area (Å²) < 4.78 is 42.0. The van der Waals surface area contributed by atoms with Gasteiger partial charge in [0.25, 0.3) is 0 Å². The lowest BCUT2D eigenvalue weighted by atomic mass is 10.1. The van der Waals surface area contributed by atoms with E-state index in [0.717, 1.165) is 12.1 Å². The Hall–Kier alpha value is -1.56. The van der Waals surface area contributed by atoms with Gasteiger partial charge in [-0.15, -0.1) is 0 Å². The van der Waals surface area contributed by atoms with E-state index >= 15 is 0 Å². The molecule has 0 saturated heterocycles. The van der Waals surface area contributed by atoms with E-state index < -0.39 is 23.7 Å². The van der Waals surface area contributed by atoms with Gasteiger partial charge in [-0.05, 0) is 24.6 Å². The first kappa shape index (κ1) is 13.5. The second-order valence-electron chi connectivity index (χ2n) is 3.32. The van der Waals surface area contributed by atoms with Crippen molar-refractivity contribution in [2.45, 2.75) is 19.2 Å². The lowest BCUT2D eigenvalue weighted by Crippen LogP contribution is -2.15. The fourth-order valence-corrected chi connectivity index (χ4v) is 1.27.